The van der Waals surface area contributed by atoms with Crippen LogP contribution in [0.4, 0.5) is 5.69 Å². The lowest BCUT2D eigenvalue weighted by Gasteiger charge is -2.25. The van der Waals surface area contributed by atoms with E-state index in [9.17, 15) is 14.4 Å². The van der Waals surface area contributed by atoms with Gasteiger partial charge in [-0.05, 0) is 31.5 Å². The Labute approximate surface area is 153 Å². The molecule has 0 aliphatic carbocycles. The van der Waals surface area contributed by atoms with Crippen molar-refractivity contribution in [3.8, 4) is 0 Å². The molecule has 3 rings (SSSR count). The number of amides is 2. The van der Waals surface area contributed by atoms with Gasteiger partial charge in [0, 0.05) is 24.2 Å². The van der Waals surface area contributed by atoms with Gasteiger partial charge >= 0.3 is 0 Å². The lowest BCUT2D eigenvalue weighted by molar-refractivity contribution is -0.129. The van der Waals surface area contributed by atoms with Gasteiger partial charge in [-0.15, -0.1) is 0 Å². The van der Waals surface area contributed by atoms with Gasteiger partial charge in [0.25, 0.3) is 0 Å². The Morgan fingerprint density at radius 2 is 1.85 bits per heavy atom. The van der Waals surface area contributed by atoms with Gasteiger partial charge in [0.05, 0.1) is 12.0 Å². The van der Waals surface area contributed by atoms with Gasteiger partial charge in [-0.1, -0.05) is 42.5 Å². The second kappa shape index (κ2) is 7.52. The van der Waals surface area contributed by atoms with E-state index in [4.69, 9.17) is 0 Å². The van der Waals surface area contributed by atoms with E-state index >= 15 is 0 Å². The number of hydrogen-bond acceptors (Lipinski definition) is 3. The van der Waals surface area contributed by atoms with Crippen LogP contribution in [0.25, 0.3) is 0 Å². The minimum atomic E-state index is -0.394. The van der Waals surface area contributed by atoms with Crippen LogP contribution in [0.2, 0.25) is 0 Å². The Hall–Kier alpha value is -2.95. The Morgan fingerprint density at radius 1 is 1.12 bits per heavy atom. The van der Waals surface area contributed by atoms with Gasteiger partial charge in [0.15, 0.2) is 5.78 Å². The normalized spacial score (nSPS) is 17.8. The molecule has 5 nitrogen and oxygen atoms in total. The number of nitrogens with zero attached hydrogens (tertiary/aromatic N) is 1. The molecule has 5 heteroatoms. The maximum Gasteiger partial charge on any atom is 0.229 e. The summed E-state index contributed by atoms with van der Waals surface area (Å²) in [5, 5.41) is 2.83. The Morgan fingerprint density at radius 3 is 2.54 bits per heavy atom. The van der Waals surface area contributed by atoms with Crippen molar-refractivity contribution in [1.82, 2.24) is 4.90 Å². The summed E-state index contributed by atoms with van der Waals surface area (Å²) in [6, 6.07) is 16.6. The van der Waals surface area contributed by atoms with Crippen LogP contribution in [0.5, 0.6) is 0 Å². The zero-order chi connectivity index (χ0) is 18.7. The van der Waals surface area contributed by atoms with Gasteiger partial charge in [-0.25, -0.2) is 0 Å². The SMILES string of the molecule is CC(=O)c1cccc(NC(=O)[C@@H]2CC(=O)N([C@@H](C)c3ccccc3)C2)c1. The molecule has 0 radical (unpaired) electrons. The van der Waals surface area contributed by atoms with Crippen LogP contribution in [0.1, 0.15) is 42.2 Å². The molecule has 1 aliphatic rings. The average molecular weight is 350 g/mol. The maximum atomic E-state index is 12.6. The fourth-order valence-electron chi connectivity index (χ4n) is 3.25. The number of benzene rings is 2. The van der Waals surface area contributed by atoms with Crippen LogP contribution < -0.4 is 5.32 Å². The molecular formula is C21H22N2O3. The van der Waals surface area contributed by atoms with Gasteiger partial charge in [-0.2, -0.15) is 0 Å². The molecule has 1 fully saturated rings. The molecule has 0 bridgehead atoms. The summed E-state index contributed by atoms with van der Waals surface area (Å²) in [5.41, 5.74) is 2.17. The van der Waals surface area contributed by atoms with E-state index in [-0.39, 0.29) is 30.1 Å². The van der Waals surface area contributed by atoms with Gasteiger partial charge in [-0.3, -0.25) is 14.4 Å². The van der Waals surface area contributed by atoms with Crippen LogP contribution >= 0.6 is 0 Å². The van der Waals surface area contributed by atoms with E-state index in [0.29, 0.717) is 17.8 Å². The van der Waals surface area contributed by atoms with E-state index in [0.717, 1.165) is 5.56 Å². The van der Waals surface area contributed by atoms with Crippen LogP contribution in [-0.2, 0) is 9.59 Å². The molecule has 134 valence electrons. The van der Waals surface area contributed by atoms with Crippen molar-refractivity contribution in [3.05, 3.63) is 65.7 Å². The molecule has 2 atom stereocenters. The van der Waals surface area contributed by atoms with E-state index in [1.807, 2.05) is 37.3 Å². The number of carbonyl (C=O) groups is 3. The lowest BCUT2D eigenvalue weighted by Crippen LogP contribution is -2.30. The molecule has 1 aliphatic heterocycles. The summed E-state index contributed by atoms with van der Waals surface area (Å²) in [7, 11) is 0. The summed E-state index contributed by atoms with van der Waals surface area (Å²) in [6.45, 7) is 3.86. The number of ketones is 1. The number of hydrogen-bond donors (Lipinski definition) is 1. The number of Topliss-reactive ketones (excluding diaryl/α,β-unsaturated/α-hetero) is 1. The molecule has 2 amide bonds. The van der Waals surface area contributed by atoms with E-state index in [2.05, 4.69) is 5.32 Å². The van der Waals surface area contributed by atoms with Crippen LogP contribution in [0, 0.1) is 5.92 Å². The fraction of sp³-hybridized carbons (Fsp3) is 0.286. The minimum absolute atomic E-state index is 0.0148. The van der Waals surface area contributed by atoms with Crippen LogP contribution in [0.15, 0.2) is 54.6 Å². The first-order chi connectivity index (χ1) is 12.5. The van der Waals surface area contributed by atoms with Crippen molar-refractivity contribution in [2.75, 3.05) is 11.9 Å². The molecular weight excluding hydrogens is 328 g/mol. The summed E-state index contributed by atoms with van der Waals surface area (Å²) < 4.78 is 0. The number of rotatable bonds is 5. The van der Waals surface area contributed by atoms with E-state index in [1.165, 1.54) is 6.92 Å². The van der Waals surface area contributed by atoms with Crippen molar-refractivity contribution < 1.29 is 14.4 Å². The molecule has 26 heavy (non-hydrogen) atoms. The molecule has 1 N–H and O–H groups in total. The Balaban J connectivity index is 1.67. The smallest absolute Gasteiger partial charge is 0.229 e. The second-order valence-electron chi connectivity index (χ2n) is 6.66. The zero-order valence-electron chi connectivity index (χ0n) is 14.9. The highest BCUT2D eigenvalue weighted by molar-refractivity contribution is 5.99. The van der Waals surface area contributed by atoms with Crippen molar-refractivity contribution >= 4 is 23.3 Å². The molecule has 0 spiro atoms. The predicted octanol–water partition coefficient (Wildman–Crippen LogP) is 3.44. The molecule has 0 saturated carbocycles. The maximum absolute atomic E-state index is 12.6. The molecule has 1 saturated heterocycles. The van der Waals surface area contributed by atoms with Crippen molar-refractivity contribution in [2.45, 2.75) is 26.3 Å². The minimum Gasteiger partial charge on any atom is -0.335 e. The average Bonchev–Trinajstić information content (AvgIpc) is 3.04. The van der Waals surface area contributed by atoms with Crippen molar-refractivity contribution in [3.63, 3.8) is 0 Å². The predicted molar refractivity (Wildman–Crippen MR) is 99.8 cm³/mol. The molecule has 0 unspecified atom stereocenters. The standard InChI is InChI=1S/C21H22N2O3/c1-14(16-7-4-3-5-8-16)23-13-18(12-20(23)25)21(26)22-19-10-6-9-17(11-19)15(2)24/h3-11,14,18H,12-13H2,1-2H3,(H,22,26)/t14-,18+/m0/s1. The first kappa shape index (κ1) is 17.9. The quantitative estimate of drug-likeness (QED) is 0.840. The Kier molecular flexibility index (Phi) is 5.16. The highest BCUT2D eigenvalue weighted by atomic mass is 16.2. The first-order valence-electron chi connectivity index (χ1n) is 8.72. The number of carbonyl (C=O) groups excluding carboxylic acids is 3. The third kappa shape index (κ3) is 3.82. The highest BCUT2D eigenvalue weighted by Gasteiger charge is 2.37. The molecule has 0 aromatic heterocycles. The van der Waals surface area contributed by atoms with Gasteiger partial charge in [0.2, 0.25) is 11.8 Å². The topological polar surface area (TPSA) is 66.5 Å². The monoisotopic (exact) mass is 350 g/mol. The summed E-state index contributed by atoms with van der Waals surface area (Å²) in [5.74, 6) is -0.657. The van der Waals surface area contributed by atoms with Crippen molar-refractivity contribution in [1.29, 1.82) is 0 Å². The van der Waals surface area contributed by atoms with E-state index in [1.54, 1.807) is 29.2 Å². The number of likely N-dealkylation sites (tertiary alicyclic amines) is 1. The van der Waals surface area contributed by atoms with E-state index < -0.39 is 5.92 Å². The first-order valence-corrected chi connectivity index (χ1v) is 8.72. The summed E-state index contributed by atoms with van der Waals surface area (Å²) in [6.07, 6.45) is 0.204. The zero-order valence-corrected chi connectivity index (χ0v) is 14.9. The number of anilines is 1. The molecule has 2 aromatic rings. The summed E-state index contributed by atoms with van der Waals surface area (Å²) >= 11 is 0. The molecule has 1 heterocycles. The highest BCUT2D eigenvalue weighted by Crippen LogP contribution is 2.29. The second-order valence-corrected chi connectivity index (χ2v) is 6.66. The van der Waals surface area contributed by atoms with Crippen LogP contribution in [-0.4, -0.2) is 29.0 Å². The third-order valence-electron chi connectivity index (χ3n) is 4.82. The van der Waals surface area contributed by atoms with Gasteiger partial charge < -0.3 is 10.2 Å². The molecule has 2 aromatic carbocycles. The Bertz CT molecular complexity index is 832. The van der Waals surface area contributed by atoms with Gasteiger partial charge in [0.1, 0.15) is 0 Å². The lowest BCUT2D eigenvalue weighted by atomic mass is 10.1. The fourth-order valence-corrected chi connectivity index (χ4v) is 3.25. The number of nitrogens with one attached hydrogen (secondary N) is 1. The third-order valence-corrected chi connectivity index (χ3v) is 4.82. The van der Waals surface area contributed by atoms with Crippen molar-refractivity contribution in [2.24, 2.45) is 5.92 Å². The summed E-state index contributed by atoms with van der Waals surface area (Å²) in [4.78, 5) is 38.2. The van der Waals surface area contributed by atoms with Crippen LogP contribution in [0.3, 0.4) is 0 Å². The largest absolute Gasteiger partial charge is 0.335 e.